The molecule has 1 aromatic heterocycles. The van der Waals surface area contributed by atoms with Gasteiger partial charge >= 0.3 is 0 Å². The minimum atomic E-state index is -0.819. The molecule has 160 valence electrons. The van der Waals surface area contributed by atoms with Crippen molar-refractivity contribution in [2.24, 2.45) is 0 Å². The summed E-state index contributed by atoms with van der Waals surface area (Å²) < 4.78 is 12.4. The predicted octanol–water partition coefficient (Wildman–Crippen LogP) is 5.15. The van der Waals surface area contributed by atoms with Crippen LogP contribution in [0.4, 0.5) is 5.69 Å². The standard InChI is InChI=1S/C22H21ClN4O3S/c1-12(2)29-18-8-6-5-7-15(18)21-27(13(3)28)17-10-9-14(23)11-16(17)19-20(30-21)24-22(31-4)26-25-19/h5-12,21H,1-4H3/t21-/m0/s1. The van der Waals surface area contributed by atoms with Crippen molar-refractivity contribution in [3.05, 3.63) is 53.1 Å². The third-order valence-electron chi connectivity index (χ3n) is 4.64. The fraction of sp³-hybridized carbons (Fsp3) is 0.273. The molecule has 3 aromatic rings. The van der Waals surface area contributed by atoms with Crippen molar-refractivity contribution in [2.45, 2.75) is 38.3 Å². The molecule has 0 aliphatic carbocycles. The van der Waals surface area contributed by atoms with Crippen LogP contribution in [0.25, 0.3) is 11.3 Å². The molecule has 0 N–H and O–H groups in total. The van der Waals surface area contributed by atoms with Crippen molar-refractivity contribution in [1.82, 2.24) is 15.2 Å². The van der Waals surface area contributed by atoms with Crippen LogP contribution in [-0.4, -0.2) is 33.4 Å². The van der Waals surface area contributed by atoms with E-state index in [1.165, 1.54) is 18.7 Å². The molecule has 0 saturated carbocycles. The zero-order valence-corrected chi connectivity index (χ0v) is 19.1. The van der Waals surface area contributed by atoms with Crippen molar-refractivity contribution in [1.29, 1.82) is 0 Å². The first kappa shape index (κ1) is 21.4. The van der Waals surface area contributed by atoms with E-state index in [0.29, 0.717) is 38.4 Å². The monoisotopic (exact) mass is 456 g/mol. The number of para-hydroxylation sites is 1. The Bertz CT molecular complexity index is 1140. The second-order valence-corrected chi connectivity index (χ2v) is 8.39. The Morgan fingerprint density at radius 1 is 1.23 bits per heavy atom. The first-order valence-electron chi connectivity index (χ1n) is 9.69. The van der Waals surface area contributed by atoms with Gasteiger partial charge < -0.3 is 9.47 Å². The first-order valence-corrected chi connectivity index (χ1v) is 11.3. The van der Waals surface area contributed by atoms with E-state index in [1.807, 2.05) is 44.4 Å². The highest BCUT2D eigenvalue weighted by Gasteiger charge is 2.36. The summed E-state index contributed by atoms with van der Waals surface area (Å²) in [6, 6.07) is 12.7. The lowest BCUT2D eigenvalue weighted by Gasteiger charge is -2.31. The SMILES string of the molecule is CSc1nnc2c(n1)O[C@@H](c1ccccc1OC(C)C)N(C(C)=O)c1ccc(Cl)cc1-2. The summed E-state index contributed by atoms with van der Waals surface area (Å²) in [5, 5.41) is 9.46. The number of aromatic nitrogens is 3. The third kappa shape index (κ3) is 4.18. The van der Waals surface area contributed by atoms with E-state index < -0.39 is 6.23 Å². The van der Waals surface area contributed by atoms with E-state index in [-0.39, 0.29) is 17.9 Å². The van der Waals surface area contributed by atoms with Gasteiger partial charge in [0.2, 0.25) is 23.2 Å². The zero-order chi connectivity index (χ0) is 22.1. The van der Waals surface area contributed by atoms with E-state index >= 15 is 0 Å². The molecule has 0 radical (unpaired) electrons. The molecular formula is C22H21ClN4O3S. The van der Waals surface area contributed by atoms with Gasteiger partial charge in [-0.25, -0.2) is 0 Å². The number of rotatable bonds is 4. The molecule has 1 amide bonds. The van der Waals surface area contributed by atoms with Crippen LogP contribution in [-0.2, 0) is 4.79 Å². The number of ether oxygens (including phenoxy) is 2. The van der Waals surface area contributed by atoms with Crippen molar-refractivity contribution in [2.75, 3.05) is 11.2 Å². The first-order chi connectivity index (χ1) is 14.9. The van der Waals surface area contributed by atoms with Crippen LogP contribution in [0.1, 0.15) is 32.6 Å². The molecule has 0 spiro atoms. The van der Waals surface area contributed by atoms with Crippen molar-refractivity contribution >= 4 is 35.0 Å². The summed E-state index contributed by atoms with van der Waals surface area (Å²) in [6.45, 7) is 5.38. The molecule has 2 aromatic carbocycles. The molecule has 1 aliphatic rings. The van der Waals surface area contributed by atoms with Gasteiger partial charge in [0.1, 0.15) is 5.75 Å². The average Bonchev–Trinajstić information content (AvgIpc) is 2.87. The Balaban J connectivity index is 1.98. The molecule has 7 nitrogen and oxygen atoms in total. The number of hydrogen-bond acceptors (Lipinski definition) is 7. The highest BCUT2D eigenvalue weighted by atomic mass is 35.5. The summed E-state index contributed by atoms with van der Waals surface area (Å²) in [6.07, 6.45) is 0.985. The number of nitrogens with zero attached hydrogens (tertiary/aromatic N) is 4. The summed E-state index contributed by atoms with van der Waals surface area (Å²) in [7, 11) is 0. The van der Waals surface area contributed by atoms with Gasteiger partial charge in [0, 0.05) is 17.5 Å². The molecule has 31 heavy (non-hydrogen) atoms. The van der Waals surface area contributed by atoms with E-state index in [2.05, 4.69) is 15.2 Å². The Morgan fingerprint density at radius 3 is 2.71 bits per heavy atom. The summed E-state index contributed by atoms with van der Waals surface area (Å²) >= 11 is 7.63. The number of anilines is 1. The van der Waals surface area contributed by atoms with Crippen molar-refractivity contribution in [3.63, 3.8) is 0 Å². The van der Waals surface area contributed by atoms with Crippen LogP contribution in [0, 0.1) is 0 Å². The summed E-state index contributed by atoms with van der Waals surface area (Å²) in [5.74, 6) is 0.689. The topological polar surface area (TPSA) is 77.4 Å². The van der Waals surface area contributed by atoms with Gasteiger partial charge in [0.05, 0.1) is 17.4 Å². The van der Waals surface area contributed by atoms with Gasteiger partial charge in [-0.05, 0) is 50.4 Å². The van der Waals surface area contributed by atoms with E-state index in [0.717, 1.165) is 0 Å². The Hall–Kier alpha value is -2.84. The highest BCUT2D eigenvalue weighted by molar-refractivity contribution is 7.98. The number of carbonyl (C=O) groups is 1. The largest absolute Gasteiger partial charge is 0.491 e. The van der Waals surface area contributed by atoms with Crippen LogP contribution in [0.2, 0.25) is 5.02 Å². The summed E-state index contributed by atoms with van der Waals surface area (Å²) in [4.78, 5) is 19.0. The van der Waals surface area contributed by atoms with Gasteiger partial charge in [0.25, 0.3) is 0 Å². The van der Waals surface area contributed by atoms with Crippen LogP contribution in [0.5, 0.6) is 11.6 Å². The van der Waals surface area contributed by atoms with Gasteiger partial charge in [0.15, 0.2) is 5.69 Å². The fourth-order valence-corrected chi connectivity index (χ4v) is 3.88. The van der Waals surface area contributed by atoms with E-state index in [4.69, 9.17) is 21.1 Å². The molecule has 1 aliphatic heterocycles. The minimum absolute atomic E-state index is 0.0526. The Labute approximate surface area is 189 Å². The summed E-state index contributed by atoms with van der Waals surface area (Å²) in [5.41, 5.74) is 2.35. The predicted molar refractivity (Wildman–Crippen MR) is 121 cm³/mol. The molecule has 0 fully saturated rings. The number of thioether (sulfide) groups is 1. The molecule has 0 saturated heterocycles. The quantitative estimate of drug-likeness (QED) is 0.502. The van der Waals surface area contributed by atoms with Gasteiger partial charge in [-0.2, -0.15) is 4.98 Å². The maximum absolute atomic E-state index is 12.9. The number of halogens is 1. The van der Waals surface area contributed by atoms with Crippen LogP contribution in [0.15, 0.2) is 47.6 Å². The number of carbonyl (C=O) groups excluding carboxylic acids is 1. The maximum Gasteiger partial charge on any atom is 0.247 e. The lowest BCUT2D eigenvalue weighted by Crippen LogP contribution is -2.36. The number of hydrogen-bond donors (Lipinski definition) is 0. The number of benzene rings is 2. The molecule has 2 heterocycles. The highest BCUT2D eigenvalue weighted by Crippen LogP contribution is 2.45. The van der Waals surface area contributed by atoms with Gasteiger partial charge in [-0.15, -0.1) is 10.2 Å². The van der Waals surface area contributed by atoms with Crippen LogP contribution < -0.4 is 14.4 Å². The average molecular weight is 457 g/mol. The van der Waals surface area contributed by atoms with E-state index in [9.17, 15) is 4.79 Å². The van der Waals surface area contributed by atoms with Crippen molar-refractivity contribution < 1.29 is 14.3 Å². The van der Waals surface area contributed by atoms with Crippen LogP contribution >= 0.6 is 23.4 Å². The zero-order valence-electron chi connectivity index (χ0n) is 17.5. The molecule has 0 bridgehead atoms. The molecule has 9 heteroatoms. The lowest BCUT2D eigenvalue weighted by molar-refractivity contribution is -0.118. The lowest BCUT2D eigenvalue weighted by atomic mass is 10.1. The second kappa shape index (κ2) is 8.72. The minimum Gasteiger partial charge on any atom is -0.491 e. The Morgan fingerprint density at radius 2 is 2.00 bits per heavy atom. The molecule has 0 unspecified atom stereocenters. The number of fused-ring (bicyclic) bond motifs is 3. The molecule has 4 rings (SSSR count). The Kier molecular flexibility index (Phi) is 6.02. The van der Waals surface area contributed by atoms with E-state index in [1.54, 1.807) is 23.1 Å². The molecule has 1 atom stereocenters. The normalized spacial score (nSPS) is 15.0. The maximum atomic E-state index is 12.9. The smallest absolute Gasteiger partial charge is 0.247 e. The number of amides is 1. The second-order valence-electron chi connectivity index (χ2n) is 7.18. The van der Waals surface area contributed by atoms with Crippen molar-refractivity contribution in [3.8, 4) is 22.9 Å². The third-order valence-corrected chi connectivity index (χ3v) is 5.41. The fourth-order valence-electron chi connectivity index (χ4n) is 3.41. The van der Waals surface area contributed by atoms with Crippen LogP contribution in [0.3, 0.4) is 0 Å². The van der Waals surface area contributed by atoms with Gasteiger partial charge in [-0.3, -0.25) is 9.69 Å². The van der Waals surface area contributed by atoms with Gasteiger partial charge in [-0.1, -0.05) is 35.5 Å². The molecular weight excluding hydrogens is 436 g/mol.